The van der Waals surface area contributed by atoms with E-state index in [0.717, 1.165) is 86.9 Å². The van der Waals surface area contributed by atoms with Gasteiger partial charge in [0.2, 0.25) is 0 Å². The predicted octanol–water partition coefficient (Wildman–Crippen LogP) is 9.68. The second-order valence-corrected chi connectivity index (χ2v) is 15.1. The van der Waals surface area contributed by atoms with Crippen LogP contribution >= 0.6 is 0 Å². The van der Waals surface area contributed by atoms with Gasteiger partial charge in [0, 0.05) is 0 Å². The van der Waals surface area contributed by atoms with E-state index < -0.39 is 5.60 Å². The van der Waals surface area contributed by atoms with E-state index in [4.69, 9.17) is 9.47 Å². The fourth-order valence-corrected chi connectivity index (χ4v) is 8.80. The van der Waals surface area contributed by atoms with Gasteiger partial charge in [0.15, 0.2) is 0 Å². The maximum atomic E-state index is 13.3. The smallest absolute Gasteiger partial charge is 0.309 e. The Kier molecular flexibility index (Phi) is 12.3. The van der Waals surface area contributed by atoms with Crippen molar-refractivity contribution in [1.29, 1.82) is 0 Å². The summed E-state index contributed by atoms with van der Waals surface area (Å²) in [5, 5.41) is 0. The topological polar surface area (TPSA) is 52.6 Å². The molecule has 0 aromatic carbocycles. The fourth-order valence-electron chi connectivity index (χ4n) is 8.80. The molecule has 0 aromatic heterocycles. The quantitative estimate of drug-likeness (QED) is 0.237. The minimum Gasteiger partial charge on any atom is -0.461 e. The van der Waals surface area contributed by atoms with Gasteiger partial charge >= 0.3 is 11.9 Å². The van der Waals surface area contributed by atoms with Crippen molar-refractivity contribution < 1.29 is 19.1 Å². The van der Waals surface area contributed by atoms with Crippen LogP contribution < -0.4 is 0 Å². The second-order valence-electron chi connectivity index (χ2n) is 15.1. The van der Waals surface area contributed by atoms with Crippen molar-refractivity contribution in [2.24, 2.45) is 47.3 Å². The van der Waals surface area contributed by atoms with Crippen LogP contribution in [0, 0.1) is 47.3 Å². The highest BCUT2D eigenvalue weighted by atomic mass is 16.6. The van der Waals surface area contributed by atoms with E-state index in [9.17, 15) is 9.59 Å². The second kappa shape index (κ2) is 15.4. The van der Waals surface area contributed by atoms with Crippen LogP contribution in [-0.4, -0.2) is 24.1 Å². The highest BCUT2D eigenvalue weighted by Crippen LogP contribution is 2.42. The van der Waals surface area contributed by atoms with Crippen LogP contribution in [0.15, 0.2) is 0 Å². The van der Waals surface area contributed by atoms with Gasteiger partial charge in [0.1, 0.15) is 12.2 Å². The summed E-state index contributed by atoms with van der Waals surface area (Å²) in [7, 11) is 0. The normalized spacial score (nSPS) is 34.4. The molecule has 4 aliphatic rings. The lowest BCUT2D eigenvalue weighted by atomic mass is 9.69. The third kappa shape index (κ3) is 8.97. The molecule has 4 heteroatoms. The van der Waals surface area contributed by atoms with Crippen LogP contribution in [0.3, 0.4) is 0 Å². The zero-order valence-electron chi connectivity index (χ0n) is 26.6. The first kappa shape index (κ1) is 31.9. The molecule has 2 unspecified atom stereocenters. The van der Waals surface area contributed by atoms with E-state index in [1.807, 2.05) is 6.92 Å². The largest absolute Gasteiger partial charge is 0.461 e. The summed E-state index contributed by atoms with van der Waals surface area (Å²) >= 11 is 0. The first-order valence-corrected chi connectivity index (χ1v) is 17.7. The maximum Gasteiger partial charge on any atom is 0.309 e. The van der Waals surface area contributed by atoms with E-state index in [1.165, 1.54) is 77.0 Å². The third-order valence-electron chi connectivity index (χ3n) is 12.0. The average Bonchev–Trinajstić information content (AvgIpc) is 2.98. The van der Waals surface area contributed by atoms with Gasteiger partial charge in [0.25, 0.3) is 0 Å². The Morgan fingerprint density at radius 3 is 1.88 bits per heavy atom. The Morgan fingerprint density at radius 1 is 0.750 bits per heavy atom. The molecule has 0 heterocycles. The standard InChI is InChI=1S/C36H62O4/c1-5-29(30-14-9-26(2)10-15-30)18-13-28(4)34(37)40-36(23-7-6-8-24-36)25-39-35(38)33-21-19-32(20-22-33)31-16-11-27(3)12-17-31/h26-33H,5-25H2,1-4H3. The van der Waals surface area contributed by atoms with Crippen molar-refractivity contribution in [3.05, 3.63) is 0 Å². The van der Waals surface area contributed by atoms with Gasteiger partial charge in [-0.2, -0.15) is 0 Å². The Morgan fingerprint density at radius 2 is 1.30 bits per heavy atom. The highest BCUT2D eigenvalue weighted by Gasteiger charge is 2.40. The molecule has 40 heavy (non-hydrogen) atoms. The molecular formula is C36H62O4. The fraction of sp³-hybridized carbons (Fsp3) is 0.944. The van der Waals surface area contributed by atoms with Crippen molar-refractivity contribution in [1.82, 2.24) is 0 Å². The third-order valence-corrected chi connectivity index (χ3v) is 12.0. The summed E-state index contributed by atoms with van der Waals surface area (Å²) < 4.78 is 12.3. The van der Waals surface area contributed by atoms with E-state index in [-0.39, 0.29) is 30.4 Å². The Labute approximate surface area is 246 Å². The molecule has 4 saturated carbocycles. The number of hydrogen-bond acceptors (Lipinski definition) is 4. The molecule has 0 aliphatic heterocycles. The molecule has 4 nitrogen and oxygen atoms in total. The molecule has 230 valence electrons. The van der Waals surface area contributed by atoms with E-state index in [0.29, 0.717) is 0 Å². The predicted molar refractivity (Wildman–Crippen MR) is 163 cm³/mol. The van der Waals surface area contributed by atoms with Gasteiger partial charge in [-0.05, 0) is 125 Å². The molecule has 4 aliphatic carbocycles. The van der Waals surface area contributed by atoms with Crippen LogP contribution in [-0.2, 0) is 19.1 Å². The van der Waals surface area contributed by atoms with E-state index in [1.54, 1.807) is 0 Å². The monoisotopic (exact) mass is 558 g/mol. The highest BCUT2D eigenvalue weighted by molar-refractivity contribution is 5.73. The zero-order chi connectivity index (χ0) is 28.5. The summed E-state index contributed by atoms with van der Waals surface area (Å²) in [6, 6.07) is 0. The maximum absolute atomic E-state index is 13.3. The molecular weight excluding hydrogens is 496 g/mol. The molecule has 0 N–H and O–H groups in total. The number of rotatable bonds is 11. The summed E-state index contributed by atoms with van der Waals surface area (Å²) in [5.41, 5.74) is -0.612. The van der Waals surface area contributed by atoms with Gasteiger partial charge in [-0.15, -0.1) is 0 Å². The van der Waals surface area contributed by atoms with Gasteiger partial charge in [0.05, 0.1) is 11.8 Å². The molecule has 0 radical (unpaired) electrons. The summed E-state index contributed by atoms with van der Waals surface area (Å²) in [6.07, 6.45) is 23.4. The lowest BCUT2D eigenvalue weighted by Gasteiger charge is -2.38. The van der Waals surface area contributed by atoms with Crippen molar-refractivity contribution >= 4 is 11.9 Å². The molecule has 0 aromatic rings. The SMILES string of the molecule is CCC(CCC(C)C(=O)OC1(COC(=O)C2CCC(C3CCC(C)CC3)CC2)CCCCC1)C1CCC(C)CC1. The van der Waals surface area contributed by atoms with Gasteiger partial charge in [-0.25, -0.2) is 0 Å². The zero-order valence-corrected chi connectivity index (χ0v) is 26.6. The van der Waals surface area contributed by atoms with Crippen LogP contribution in [0.4, 0.5) is 0 Å². The summed E-state index contributed by atoms with van der Waals surface area (Å²) in [5.74, 6) is 4.82. The first-order chi connectivity index (χ1) is 19.3. The van der Waals surface area contributed by atoms with Crippen LogP contribution in [0.2, 0.25) is 0 Å². The van der Waals surface area contributed by atoms with Crippen molar-refractivity contribution in [2.75, 3.05) is 6.61 Å². The van der Waals surface area contributed by atoms with Crippen molar-refractivity contribution in [3.8, 4) is 0 Å². The lowest BCUT2D eigenvalue weighted by Crippen LogP contribution is -2.44. The lowest BCUT2D eigenvalue weighted by molar-refractivity contribution is -0.183. The molecule has 0 saturated heterocycles. The van der Waals surface area contributed by atoms with Crippen LogP contribution in [0.5, 0.6) is 0 Å². The van der Waals surface area contributed by atoms with Crippen molar-refractivity contribution in [2.45, 2.75) is 162 Å². The molecule has 0 spiro atoms. The summed E-state index contributed by atoms with van der Waals surface area (Å²) in [6.45, 7) is 9.39. The number of carbonyl (C=O) groups is 2. The molecule has 4 fully saturated rings. The molecule has 4 rings (SSSR count). The Bertz CT molecular complexity index is 762. The van der Waals surface area contributed by atoms with Gasteiger partial charge in [-0.1, -0.05) is 66.2 Å². The van der Waals surface area contributed by atoms with E-state index in [2.05, 4.69) is 20.8 Å². The summed E-state index contributed by atoms with van der Waals surface area (Å²) in [4.78, 5) is 26.5. The molecule has 0 bridgehead atoms. The van der Waals surface area contributed by atoms with Crippen molar-refractivity contribution in [3.63, 3.8) is 0 Å². The molecule has 0 amide bonds. The number of carbonyl (C=O) groups excluding carboxylic acids is 2. The Hall–Kier alpha value is -1.06. The number of esters is 2. The van der Waals surface area contributed by atoms with E-state index >= 15 is 0 Å². The number of hydrogen-bond donors (Lipinski definition) is 0. The van der Waals surface area contributed by atoms with Gasteiger partial charge < -0.3 is 9.47 Å². The van der Waals surface area contributed by atoms with Crippen LogP contribution in [0.1, 0.15) is 156 Å². The van der Waals surface area contributed by atoms with Crippen LogP contribution in [0.25, 0.3) is 0 Å². The molecule has 2 atom stereocenters. The minimum absolute atomic E-state index is 0.0304. The first-order valence-electron chi connectivity index (χ1n) is 17.7. The van der Waals surface area contributed by atoms with Gasteiger partial charge in [-0.3, -0.25) is 9.59 Å². The average molecular weight is 559 g/mol. The minimum atomic E-state index is -0.612. The Balaban J connectivity index is 1.22. The number of ether oxygens (including phenoxy) is 2.